The molecule has 8 heteroatoms. The molecule has 3 aromatic carbocycles. The molecule has 0 amide bonds. The van der Waals surface area contributed by atoms with Gasteiger partial charge in [0.15, 0.2) is 0 Å². The first-order valence-electron chi connectivity index (χ1n) is 13.4. The number of rotatable bonds is 5. The molecule has 2 heterocycles. The molecule has 1 aliphatic heterocycles. The van der Waals surface area contributed by atoms with E-state index in [1.54, 1.807) is 60.7 Å². The Labute approximate surface area is 239 Å². The van der Waals surface area contributed by atoms with Gasteiger partial charge in [-0.15, -0.1) is 12.8 Å². The summed E-state index contributed by atoms with van der Waals surface area (Å²) >= 11 is 0. The molecular weight excluding hydrogens is 528 g/mol. The minimum atomic E-state index is -0.570. The predicted octanol–water partition coefficient (Wildman–Crippen LogP) is 3.66. The molecule has 4 aromatic rings. The highest BCUT2D eigenvalue weighted by Crippen LogP contribution is 2.41. The van der Waals surface area contributed by atoms with Crippen molar-refractivity contribution in [2.24, 2.45) is 4.99 Å². The summed E-state index contributed by atoms with van der Waals surface area (Å²) in [5, 5.41) is 16.1. The van der Waals surface area contributed by atoms with Crippen molar-refractivity contribution < 1.29 is 5.11 Å². The van der Waals surface area contributed by atoms with Crippen LogP contribution in [0.2, 0.25) is 0 Å². The maximum absolute atomic E-state index is 14.1. The molecule has 0 spiro atoms. The number of terminal acetylenes is 2. The van der Waals surface area contributed by atoms with Gasteiger partial charge in [-0.3, -0.25) is 19.4 Å². The van der Waals surface area contributed by atoms with Crippen LogP contribution in [0.25, 0.3) is 44.0 Å². The molecule has 0 radical (unpaired) electrons. The van der Waals surface area contributed by atoms with Crippen LogP contribution < -0.4 is 27.4 Å². The van der Waals surface area contributed by atoms with Gasteiger partial charge in [-0.2, -0.15) is 0 Å². The standard InChI is InChI=1S/C34H24N4O4/c1-5-19-9-13-21(14-10-19)37-31(39)23-17-26(36-8-4)30-28-24(18-25(35-7-3)29(27(23)28)33(37)41)32(40)38(34(30)42)22-15-11-20(6-2)12-16-22/h1-2,9-18,35,40H,7-8H2,3-4H3. The Morgan fingerprint density at radius 2 is 1.36 bits per heavy atom. The minimum Gasteiger partial charge on any atom is -0.494 e. The fraction of sp³-hybridized carbons (Fsp3) is 0.118. The maximum atomic E-state index is 14.1. The second kappa shape index (κ2) is 9.96. The lowest BCUT2D eigenvalue weighted by atomic mass is 9.89. The molecule has 1 aromatic heterocycles. The van der Waals surface area contributed by atoms with Gasteiger partial charge in [0, 0.05) is 46.2 Å². The molecule has 2 aliphatic rings. The van der Waals surface area contributed by atoms with Crippen molar-refractivity contribution in [1.82, 2.24) is 9.13 Å². The molecule has 0 fully saturated rings. The Morgan fingerprint density at radius 1 is 0.786 bits per heavy atom. The van der Waals surface area contributed by atoms with Crippen LogP contribution in [0.1, 0.15) is 25.0 Å². The van der Waals surface area contributed by atoms with Crippen LogP contribution in [0.15, 0.2) is 80.0 Å². The summed E-state index contributed by atoms with van der Waals surface area (Å²) in [4.78, 5) is 46.9. The summed E-state index contributed by atoms with van der Waals surface area (Å²) in [5.74, 6) is 4.74. The van der Waals surface area contributed by atoms with Crippen LogP contribution in [-0.2, 0) is 0 Å². The van der Waals surface area contributed by atoms with Gasteiger partial charge >= 0.3 is 0 Å². The van der Waals surface area contributed by atoms with Crippen LogP contribution in [0.3, 0.4) is 0 Å². The highest BCUT2D eigenvalue weighted by molar-refractivity contribution is 6.19. The largest absolute Gasteiger partial charge is 0.494 e. The molecular formula is C34H24N4O4. The van der Waals surface area contributed by atoms with E-state index in [1.807, 2.05) is 13.8 Å². The Kier molecular flexibility index (Phi) is 6.25. The Balaban J connectivity index is 1.86. The third kappa shape index (κ3) is 3.74. The van der Waals surface area contributed by atoms with E-state index >= 15 is 0 Å². The minimum absolute atomic E-state index is 0.196. The normalized spacial score (nSPS) is 11.8. The topological polar surface area (TPSA) is 106 Å². The summed E-state index contributed by atoms with van der Waals surface area (Å²) in [7, 11) is 0. The summed E-state index contributed by atoms with van der Waals surface area (Å²) in [5.41, 5.74) is 1.21. The SMILES string of the molecule is C#Cc1ccc(-n2c(O)c3cc(NCC)c4c5c3c(c(=NCC)cc-5c(=O)n(-c3ccc(C#C)cc3)c4=O)c2=O)cc1. The quantitative estimate of drug-likeness (QED) is 0.251. The molecule has 2 N–H and O–H groups in total. The zero-order chi connectivity index (χ0) is 29.7. The first-order valence-corrected chi connectivity index (χ1v) is 13.4. The number of nitrogens with zero attached hydrogens (tertiary/aromatic N) is 3. The average molecular weight is 553 g/mol. The summed E-state index contributed by atoms with van der Waals surface area (Å²) < 4.78 is 2.29. The lowest BCUT2D eigenvalue weighted by Gasteiger charge is -2.22. The van der Waals surface area contributed by atoms with Gasteiger partial charge in [0.05, 0.1) is 33.1 Å². The third-order valence-corrected chi connectivity index (χ3v) is 7.38. The van der Waals surface area contributed by atoms with Crippen molar-refractivity contribution in [3.8, 4) is 53.1 Å². The van der Waals surface area contributed by atoms with Gasteiger partial charge in [0.1, 0.15) is 0 Å². The highest BCUT2D eigenvalue weighted by Gasteiger charge is 2.29. The zero-order valence-corrected chi connectivity index (χ0v) is 22.9. The number of aromatic nitrogens is 2. The van der Waals surface area contributed by atoms with Gasteiger partial charge in [0.2, 0.25) is 5.88 Å². The third-order valence-electron chi connectivity index (χ3n) is 7.38. The average Bonchev–Trinajstić information content (AvgIpc) is 3.00. The first kappa shape index (κ1) is 26.4. The smallest absolute Gasteiger partial charge is 0.268 e. The second-order valence-electron chi connectivity index (χ2n) is 9.71. The van der Waals surface area contributed by atoms with Crippen molar-refractivity contribution >= 4 is 27.2 Å². The fourth-order valence-corrected chi connectivity index (χ4v) is 5.57. The Bertz CT molecular complexity index is 2320. The number of pyridine rings is 2. The number of benzene rings is 4. The molecule has 0 saturated heterocycles. The maximum Gasteiger partial charge on any atom is 0.268 e. The van der Waals surface area contributed by atoms with E-state index in [4.69, 9.17) is 12.8 Å². The molecule has 204 valence electrons. The predicted molar refractivity (Wildman–Crippen MR) is 166 cm³/mol. The second-order valence-corrected chi connectivity index (χ2v) is 9.71. The van der Waals surface area contributed by atoms with Gasteiger partial charge in [-0.05, 0) is 74.5 Å². The van der Waals surface area contributed by atoms with E-state index in [9.17, 15) is 19.5 Å². The molecule has 6 rings (SSSR count). The van der Waals surface area contributed by atoms with E-state index in [0.717, 1.165) is 4.57 Å². The van der Waals surface area contributed by atoms with Crippen molar-refractivity contribution in [3.05, 3.63) is 108 Å². The van der Waals surface area contributed by atoms with Crippen molar-refractivity contribution in [2.75, 3.05) is 18.4 Å². The van der Waals surface area contributed by atoms with Gasteiger partial charge in [0.25, 0.3) is 16.7 Å². The van der Waals surface area contributed by atoms with E-state index in [1.165, 1.54) is 4.57 Å². The van der Waals surface area contributed by atoms with Crippen molar-refractivity contribution in [3.63, 3.8) is 0 Å². The van der Waals surface area contributed by atoms with Crippen molar-refractivity contribution in [2.45, 2.75) is 13.8 Å². The lowest BCUT2D eigenvalue weighted by molar-refractivity contribution is 0.443. The van der Waals surface area contributed by atoms with Gasteiger partial charge < -0.3 is 10.4 Å². The van der Waals surface area contributed by atoms with Crippen LogP contribution in [-0.4, -0.2) is 27.3 Å². The molecule has 0 unspecified atom stereocenters. The van der Waals surface area contributed by atoms with Crippen LogP contribution >= 0.6 is 0 Å². The molecule has 8 nitrogen and oxygen atoms in total. The molecule has 0 bridgehead atoms. The molecule has 0 atom stereocenters. The van der Waals surface area contributed by atoms with E-state index in [-0.39, 0.29) is 27.6 Å². The van der Waals surface area contributed by atoms with Crippen molar-refractivity contribution in [1.29, 1.82) is 0 Å². The van der Waals surface area contributed by atoms with E-state index < -0.39 is 16.7 Å². The molecule has 1 aliphatic carbocycles. The number of hydrogen-bond acceptors (Lipinski definition) is 6. The molecule has 42 heavy (non-hydrogen) atoms. The number of nitrogens with one attached hydrogen (secondary N) is 1. The van der Waals surface area contributed by atoms with Gasteiger partial charge in [-0.1, -0.05) is 11.8 Å². The summed E-state index contributed by atoms with van der Waals surface area (Å²) in [6.07, 6.45) is 11.0. The van der Waals surface area contributed by atoms with Crippen LogP contribution in [0, 0.1) is 24.7 Å². The number of hydrogen-bond donors (Lipinski definition) is 2. The first-order chi connectivity index (χ1) is 20.3. The van der Waals surface area contributed by atoms with E-state index in [0.29, 0.717) is 57.6 Å². The molecule has 0 saturated carbocycles. The number of anilines is 1. The van der Waals surface area contributed by atoms with Crippen LogP contribution in [0.5, 0.6) is 5.88 Å². The lowest BCUT2D eigenvalue weighted by Crippen LogP contribution is -2.36. The fourth-order valence-electron chi connectivity index (χ4n) is 5.57. The highest BCUT2D eigenvalue weighted by atomic mass is 16.3. The van der Waals surface area contributed by atoms with E-state index in [2.05, 4.69) is 22.2 Å². The monoisotopic (exact) mass is 552 g/mol. The van der Waals surface area contributed by atoms with Gasteiger partial charge in [-0.25, -0.2) is 9.13 Å². The number of aromatic hydroxyl groups is 1. The Morgan fingerprint density at radius 3 is 1.90 bits per heavy atom. The summed E-state index contributed by atoms with van der Waals surface area (Å²) in [6.45, 7) is 4.48. The van der Waals surface area contributed by atoms with Crippen LogP contribution in [0.4, 0.5) is 5.69 Å². The summed E-state index contributed by atoms with van der Waals surface area (Å²) in [6, 6.07) is 16.4. The zero-order valence-electron chi connectivity index (χ0n) is 22.9. The Hall–Kier alpha value is -5.86.